The second-order valence-corrected chi connectivity index (χ2v) is 6.83. The molecule has 108 valence electrons. The third kappa shape index (κ3) is 2.94. The van der Waals surface area contributed by atoms with E-state index in [4.69, 9.17) is 11.6 Å². The molecule has 0 aromatic heterocycles. The van der Waals surface area contributed by atoms with Crippen molar-refractivity contribution < 1.29 is 4.79 Å². The lowest BCUT2D eigenvalue weighted by Crippen LogP contribution is -2.27. The molecule has 0 radical (unpaired) electrons. The predicted octanol–water partition coefficient (Wildman–Crippen LogP) is 4.74. The van der Waals surface area contributed by atoms with Gasteiger partial charge in [-0.15, -0.1) is 11.8 Å². The summed E-state index contributed by atoms with van der Waals surface area (Å²) in [5, 5.41) is 0.738. The molecule has 1 amide bonds. The van der Waals surface area contributed by atoms with E-state index in [1.807, 2.05) is 29.2 Å². The summed E-state index contributed by atoms with van der Waals surface area (Å²) in [6.45, 7) is 4.11. The zero-order valence-corrected chi connectivity index (χ0v) is 13.5. The van der Waals surface area contributed by atoms with Gasteiger partial charge in [-0.1, -0.05) is 29.8 Å². The largest absolute Gasteiger partial charge is 0.295 e. The van der Waals surface area contributed by atoms with Crippen molar-refractivity contribution in [1.29, 1.82) is 0 Å². The average Bonchev–Trinajstić information content (AvgIpc) is 2.80. The van der Waals surface area contributed by atoms with Crippen molar-refractivity contribution in [3.8, 4) is 0 Å². The first kappa shape index (κ1) is 14.5. The van der Waals surface area contributed by atoms with E-state index in [2.05, 4.69) is 32.0 Å². The molecule has 1 heterocycles. The molecule has 21 heavy (non-hydrogen) atoms. The van der Waals surface area contributed by atoms with Crippen molar-refractivity contribution in [2.75, 3.05) is 10.7 Å². The van der Waals surface area contributed by atoms with Crippen molar-refractivity contribution in [3.63, 3.8) is 0 Å². The van der Waals surface area contributed by atoms with E-state index in [-0.39, 0.29) is 11.3 Å². The lowest BCUT2D eigenvalue weighted by Gasteiger charge is -2.25. The predicted molar refractivity (Wildman–Crippen MR) is 90.1 cm³/mol. The van der Waals surface area contributed by atoms with Crippen LogP contribution in [-0.2, 0) is 4.79 Å². The summed E-state index contributed by atoms with van der Waals surface area (Å²) in [6.07, 6.45) is 0. The quantitative estimate of drug-likeness (QED) is 0.797. The fourth-order valence-electron chi connectivity index (χ4n) is 2.67. The molecule has 3 rings (SSSR count). The van der Waals surface area contributed by atoms with Crippen LogP contribution in [-0.4, -0.2) is 11.7 Å². The molecule has 0 saturated carbocycles. The third-order valence-electron chi connectivity index (χ3n) is 3.51. The van der Waals surface area contributed by atoms with E-state index >= 15 is 0 Å². The van der Waals surface area contributed by atoms with E-state index < -0.39 is 0 Å². The average molecular weight is 318 g/mol. The third-order valence-corrected chi connectivity index (χ3v) is 4.97. The summed E-state index contributed by atoms with van der Waals surface area (Å²) >= 11 is 7.61. The number of hydrogen-bond acceptors (Lipinski definition) is 2. The highest BCUT2D eigenvalue weighted by Crippen LogP contribution is 2.42. The number of hydrogen-bond donors (Lipinski definition) is 0. The Labute approximate surface area is 134 Å². The van der Waals surface area contributed by atoms with Crippen molar-refractivity contribution in [2.45, 2.75) is 19.2 Å². The Kier molecular flexibility index (Phi) is 3.96. The Bertz CT molecular complexity index is 663. The molecule has 1 atom stereocenters. The minimum absolute atomic E-state index is 0.0240. The number of carbonyl (C=O) groups is 1. The van der Waals surface area contributed by atoms with Crippen LogP contribution in [0.15, 0.2) is 42.5 Å². The first-order valence-electron chi connectivity index (χ1n) is 6.82. The molecule has 0 spiro atoms. The first-order chi connectivity index (χ1) is 10.0. The number of nitrogens with zero attached hydrogens (tertiary/aromatic N) is 1. The van der Waals surface area contributed by atoms with E-state index in [1.165, 1.54) is 11.1 Å². The number of carbonyl (C=O) groups excluding carboxylic acids is 1. The Morgan fingerprint density at radius 3 is 2.33 bits per heavy atom. The summed E-state index contributed by atoms with van der Waals surface area (Å²) in [6, 6.07) is 14.0. The molecule has 0 bridgehead atoms. The van der Waals surface area contributed by atoms with Gasteiger partial charge in [0.05, 0.1) is 5.75 Å². The van der Waals surface area contributed by atoms with Gasteiger partial charge in [0.1, 0.15) is 5.37 Å². The van der Waals surface area contributed by atoms with E-state index in [1.54, 1.807) is 11.8 Å². The number of anilines is 1. The molecule has 0 aliphatic carbocycles. The highest BCUT2D eigenvalue weighted by Gasteiger charge is 2.34. The second kappa shape index (κ2) is 5.74. The highest BCUT2D eigenvalue weighted by atomic mass is 35.5. The van der Waals surface area contributed by atoms with Gasteiger partial charge in [-0.05, 0) is 54.8 Å². The number of halogens is 1. The molecular weight excluding hydrogens is 302 g/mol. The number of amides is 1. The number of rotatable bonds is 2. The van der Waals surface area contributed by atoms with Gasteiger partial charge in [-0.3, -0.25) is 9.69 Å². The van der Waals surface area contributed by atoms with Gasteiger partial charge in [-0.2, -0.15) is 0 Å². The minimum atomic E-state index is 0.0240. The molecule has 0 N–H and O–H groups in total. The van der Waals surface area contributed by atoms with E-state index in [0.717, 1.165) is 11.3 Å². The summed E-state index contributed by atoms with van der Waals surface area (Å²) in [5.74, 6) is 0.672. The van der Waals surface area contributed by atoms with Crippen molar-refractivity contribution in [1.82, 2.24) is 0 Å². The smallest absolute Gasteiger partial charge is 0.238 e. The summed E-state index contributed by atoms with van der Waals surface area (Å²) in [5.41, 5.74) is 4.42. The molecule has 2 aromatic carbocycles. The number of aryl methyl sites for hydroxylation is 2. The molecule has 1 aliphatic rings. The fraction of sp³-hybridized carbons (Fsp3) is 0.235. The molecule has 1 fully saturated rings. The van der Waals surface area contributed by atoms with E-state index in [9.17, 15) is 4.79 Å². The fourth-order valence-corrected chi connectivity index (χ4v) is 3.97. The molecule has 4 heteroatoms. The van der Waals surface area contributed by atoms with Crippen LogP contribution in [0.1, 0.15) is 22.1 Å². The maximum atomic E-state index is 12.3. The molecule has 0 unspecified atom stereocenters. The van der Waals surface area contributed by atoms with Gasteiger partial charge in [0.2, 0.25) is 5.91 Å². The van der Waals surface area contributed by atoms with Crippen LogP contribution in [0.2, 0.25) is 5.02 Å². The second-order valence-electron chi connectivity index (χ2n) is 5.32. The van der Waals surface area contributed by atoms with Gasteiger partial charge < -0.3 is 0 Å². The van der Waals surface area contributed by atoms with Crippen molar-refractivity contribution >= 4 is 35.0 Å². The molecule has 1 saturated heterocycles. The van der Waals surface area contributed by atoms with Crippen LogP contribution >= 0.6 is 23.4 Å². The highest BCUT2D eigenvalue weighted by molar-refractivity contribution is 8.00. The van der Waals surface area contributed by atoms with Gasteiger partial charge in [0.25, 0.3) is 0 Å². The standard InChI is InChI=1S/C17H16ClNOS/c1-11-7-12(2)9-15(8-11)19-16(20)10-21-17(19)13-3-5-14(18)6-4-13/h3-9,17H,10H2,1-2H3/t17-/m1/s1. The number of thioether (sulfide) groups is 1. The molecule has 2 nitrogen and oxygen atoms in total. The van der Waals surface area contributed by atoms with Gasteiger partial charge >= 0.3 is 0 Å². The van der Waals surface area contributed by atoms with Gasteiger partial charge in [-0.25, -0.2) is 0 Å². The Hall–Kier alpha value is -1.45. The Morgan fingerprint density at radius 1 is 1.10 bits per heavy atom. The van der Waals surface area contributed by atoms with Gasteiger partial charge in [0, 0.05) is 10.7 Å². The maximum Gasteiger partial charge on any atom is 0.238 e. The first-order valence-corrected chi connectivity index (χ1v) is 8.25. The SMILES string of the molecule is Cc1cc(C)cc(N2C(=O)CS[C@@H]2c2ccc(Cl)cc2)c1. The zero-order chi connectivity index (χ0) is 15.0. The topological polar surface area (TPSA) is 20.3 Å². The minimum Gasteiger partial charge on any atom is -0.295 e. The maximum absolute atomic E-state index is 12.3. The molecule has 1 aliphatic heterocycles. The van der Waals surface area contributed by atoms with Gasteiger partial charge in [0.15, 0.2) is 0 Å². The van der Waals surface area contributed by atoms with Crippen LogP contribution in [0.3, 0.4) is 0 Å². The Morgan fingerprint density at radius 2 is 1.71 bits per heavy atom. The van der Waals surface area contributed by atoms with Crippen LogP contribution in [0.25, 0.3) is 0 Å². The van der Waals surface area contributed by atoms with Crippen LogP contribution < -0.4 is 4.90 Å². The van der Waals surface area contributed by atoms with Crippen molar-refractivity contribution in [2.24, 2.45) is 0 Å². The summed E-state index contributed by atoms with van der Waals surface area (Å²) in [4.78, 5) is 14.2. The molecule has 2 aromatic rings. The Balaban J connectivity index is 2.01. The van der Waals surface area contributed by atoms with Crippen LogP contribution in [0.5, 0.6) is 0 Å². The monoisotopic (exact) mass is 317 g/mol. The molecular formula is C17H16ClNOS. The van der Waals surface area contributed by atoms with Crippen LogP contribution in [0.4, 0.5) is 5.69 Å². The normalized spacial score (nSPS) is 18.3. The summed E-state index contributed by atoms with van der Waals surface area (Å²) < 4.78 is 0. The lowest BCUT2D eigenvalue weighted by atomic mass is 10.1. The summed E-state index contributed by atoms with van der Waals surface area (Å²) in [7, 11) is 0. The number of benzene rings is 2. The zero-order valence-electron chi connectivity index (χ0n) is 12.0. The van der Waals surface area contributed by atoms with Crippen LogP contribution in [0, 0.1) is 13.8 Å². The van der Waals surface area contributed by atoms with Crippen molar-refractivity contribution in [3.05, 3.63) is 64.2 Å². The van der Waals surface area contributed by atoms with E-state index in [0.29, 0.717) is 10.8 Å². The lowest BCUT2D eigenvalue weighted by molar-refractivity contribution is -0.115.